The minimum Gasteiger partial charge on any atom is -0.380 e. The quantitative estimate of drug-likeness (QED) is 0.737. The summed E-state index contributed by atoms with van der Waals surface area (Å²) in [6.45, 7) is 9.71. The van der Waals surface area contributed by atoms with E-state index in [1.165, 1.54) is 10.6 Å². The molecule has 0 saturated heterocycles. The van der Waals surface area contributed by atoms with E-state index in [1.807, 2.05) is 14.0 Å². The summed E-state index contributed by atoms with van der Waals surface area (Å²) in [6.07, 6.45) is 0. The van der Waals surface area contributed by atoms with Gasteiger partial charge in [-0.1, -0.05) is 13.8 Å². The monoisotopic (exact) mass is 271 g/mol. The number of hydrogen-bond donors (Lipinski definition) is 1. The first kappa shape index (κ1) is 15.4. The Morgan fingerprint density at radius 3 is 2.72 bits per heavy atom. The highest BCUT2D eigenvalue weighted by molar-refractivity contribution is 7.15. The van der Waals surface area contributed by atoms with Crippen LogP contribution in [0.5, 0.6) is 0 Å². The number of likely N-dealkylation sites (N-methyl/N-ethyl adjacent to an activating group) is 1. The van der Waals surface area contributed by atoms with Gasteiger partial charge in [-0.25, -0.2) is 4.98 Å². The maximum atomic E-state index is 5.38. The van der Waals surface area contributed by atoms with Crippen LogP contribution >= 0.6 is 11.3 Å². The summed E-state index contributed by atoms with van der Waals surface area (Å²) < 4.78 is 5.38. The van der Waals surface area contributed by atoms with Gasteiger partial charge in [0.25, 0.3) is 0 Å². The average molecular weight is 271 g/mol. The van der Waals surface area contributed by atoms with E-state index >= 15 is 0 Å². The van der Waals surface area contributed by atoms with E-state index in [9.17, 15) is 0 Å². The Morgan fingerprint density at radius 1 is 1.44 bits per heavy atom. The lowest BCUT2D eigenvalue weighted by Crippen LogP contribution is -2.22. The van der Waals surface area contributed by atoms with Gasteiger partial charge in [0.2, 0.25) is 0 Å². The van der Waals surface area contributed by atoms with Gasteiger partial charge in [-0.3, -0.25) is 0 Å². The van der Waals surface area contributed by atoms with Crippen molar-refractivity contribution in [1.29, 1.82) is 0 Å². The van der Waals surface area contributed by atoms with Gasteiger partial charge in [0, 0.05) is 31.6 Å². The normalized spacial score (nSPS) is 11.2. The summed E-state index contributed by atoms with van der Waals surface area (Å²) >= 11 is 1.78. The number of aromatic nitrogens is 1. The van der Waals surface area contributed by atoms with Gasteiger partial charge in [0.1, 0.15) is 0 Å². The first-order chi connectivity index (χ1) is 8.60. The number of rotatable bonds is 8. The molecular weight excluding hydrogens is 246 g/mol. The van der Waals surface area contributed by atoms with Crippen molar-refractivity contribution >= 4 is 16.5 Å². The van der Waals surface area contributed by atoms with E-state index in [4.69, 9.17) is 9.72 Å². The molecule has 5 heteroatoms. The van der Waals surface area contributed by atoms with Crippen LogP contribution in [0.2, 0.25) is 0 Å². The van der Waals surface area contributed by atoms with Gasteiger partial charge in [-0.05, 0) is 19.9 Å². The van der Waals surface area contributed by atoms with Gasteiger partial charge in [0.05, 0.1) is 12.3 Å². The molecule has 0 saturated carbocycles. The van der Waals surface area contributed by atoms with E-state index in [0.29, 0.717) is 5.92 Å². The van der Waals surface area contributed by atoms with Crippen LogP contribution in [0.1, 0.15) is 37.3 Å². The van der Waals surface area contributed by atoms with Crippen molar-refractivity contribution in [2.75, 3.05) is 38.8 Å². The lowest BCUT2D eigenvalue weighted by atomic mass is 10.1. The maximum absolute atomic E-state index is 5.38. The van der Waals surface area contributed by atoms with Crippen LogP contribution in [0, 0.1) is 0 Å². The highest BCUT2D eigenvalue weighted by Gasteiger charge is 2.15. The molecule has 1 aromatic rings. The highest BCUT2D eigenvalue weighted by Crippen LogP contribution is 2.30. The lowest BCUT2D eigenvalue weighted by Gasteiger charge is -2.15. The van der Waals surface area contributed by atoms with Crippen LogP contribution in [0.3, 0.4) is 0 Å². The second kappa shape index (κ2) is 7.71. The number of nitrogens with one attached hydrogen (secondary N) is 1. The molecule has 104 valence electrons. The Labute approximate surface area is 114 Å². The van der Waals surface area contributed by atoms with Gasteiger partial charge in [-0.2, -0.15) is 0 Å². The topological polar surface area (TPSA) is 37.4 Å². The Bertz CT molecular complexity index is 352. The molecule has 0 aliphatic heterocycles. The van der Waals surface area contributed by atoms with Crippen molar-refractivity contribution in [2.45, 2.75) is 33.2 Å². The number of nitrogens with zero attached hydrogens (tertiary/aromatic N) is 2. The molecule has 0 radical (unpaired) electrons. The van der Waals surface area contributed by atoms with Crippen molar-refractivity contribution in [3.8, 4) is 0 Å². The highest BCUT2D eigenvalue weighted by atomic mass is 32.1. The van der Waals surface area contributed by atoms with Crippen molar-refractivity contribution in [2.24, 2.45) is 0 Å². The minimum atomic E-state index is 0.471. The van der Waals surface area contributed by atoms with E-state index in [1.54, 1.807) is 11.3 Å². The zero-order chi connectivity index (χ0) is 13.5. The third kappa shape index (κ3) is 4.23. The maximum Gasteiger partial charge on any atom is 0.185 e. The SMILES string of the molecule is CCOCCN(C)c1nc(C(C)C)c(CNC)s1. The fourth-order valence-electron chi connectivity index (χ4n) is 1.69. The molecule has 1 rings (SSSR count). The second-order valence-corrected chi connectivity index (χ2v) is 5.67. The standard InChI is InChI=1S/C13H25N3OS/c1-6-17-8-7-16(5)13-15-12(10(2)3)11(18-13)9-14-4/h10,14H,6-9H2,1-5H3. The van der Waals surface area contributed by atoms with Gasteiger partial charge in [-0.15, -0.1) is 11.3 Å². The minimum absolute atomic E-state index is 0.471. The molecule has 0 spiro atoms. The fraction of sp³-hybridized carbons (Fsp3) is 0.769. The average Bonchev–Trinajstić information content (AvgIpc) is 2.74. The van der Waals surface area contributed by atoms with E-state index < -0.39 is 0 Å². The Kier molecular flexibility index (Phi) is 6.60. The van der Waals surface area contributed by atoms with Crippen molar-refractivity contribution < 1.29 is 4.74 Å². The van der Waals surface area contributed by atoms with Crippen LogP contribution < -0.4 is 10.2 Å². The number of hydrogen-bond acceptors (Lipinski definition) is 5. The molecule has 1 N–H and O–H groups in total. The molecule has 18 heavy (non-hydrogen) atoms. The zero-order valence-electron chi connectivity index (χ0n) is 12.1. The first-order valence-electron chi connectivity index (χ1n) is 6.53. The molecule has 0 aliphatic carbocycles. The van der Waals surface area contributed by atoms with Gasteiger partial charge in [0.15, 0.2) is 5.13 Å². The predicted molar refractivity (Wildman–Crippen MR) is 78.7 cm³/mol. The Hall–Kier alpha value is -0.650. The van der Waals surface area contributed by atoms with Crippen molar-refractivity contribution in [1.82, 2.24) is 10.3 Å². The van der Waals surface area contributed by atoms with Crippen molar-refractivity contribution in [3.05, 3.63) is 10.6 Å². The largest absolute Gasteiger partial charge is 0.380 e. The fourth-order valence-corrected chi connectivity index (χ4v) is 2.91. The smallest absolute Gasteiger partial charge is 0.185 e. The molecule has 0 bridgehead atoms. The molecular formula is C13H25N3OS. The van der Waals surface area contributed by atoms with Crippen LogP contribution in [0.4, 0.5) is 5.13 Å². The Morgan fingerprint density at radius 2 is 2.17 bits per heavy atom. The summed E-state index contributed by atoms with van der Waals surface area (Å²) in [4.78, 5) is 8.27. The van der Waals surface area contributed by atoms with Crippen LogP contribution in [0.25, 0.3) is 0 Å². The number of thiazole rings is 1. The lowest BCUT2D eigenvalue weighted by molar-refractivity contribution is 0.154. The first-order valence-corrected chi connectivity index (χ1v) is 7.34. The molecule has 1 heterocycles. The molecule has 1 aromatic heterocycles. The summed E-state index contributed by atoms with van der Waals surface area (Å²) in [5.74, 6) is 0.471. The van der Waals surface area contributed by atoms with Gasteiger partial charge >= 0.3 is 0 Å². The van der Waals surface area contributed by atoms with Gasteiger partial charge < -0.3 is 15.0 Å². The second-order valence-electron chi connectivity index (χ2n) is 4.61. The molecule has 4 nitrogen and oxygen atoms in total. The third-order valence-corrected chi connectivity index (χ3v) is 3.89. The number of anilines is 1. The van der Waals surface area contributed by atoms with Crippen LogP contribution in [-0.2, 0) is 11.3 Å². The van der Waals surface area contributed by atoms with Crippen LogP contribution in [0.15, 0.2) is 0 Å². The Balaban J connectivity index is 2.73. The van der Waals surface area contributed by atoms with E-state index in [-0.39, 0.29) is 0 Å². The summed E-state index contributed by atoms with van der Waals surface area (Å²) in [7, 11) is 4.05. The molecule has 0 fully saturated rings. The molecule has 0 aromatic carbocycles. The van der Waals surface area contributed by atoms with Crippen molar-refractivity contribution in [3.63, 3.8) is 0 Å². The third-order valence-electron chi connectivity index (χ3n) is 2.70. The molecule has 0 amide bonds. The van der Waals surface area contributed by atoms with E-state index in [0.717, 1.165) is 31.4 Å². The number of ether oxygens (including phenoxy) is 1. The molecule has 0 atom stereocenters. The predicted octanol–water partition coefficient (Wildman–Crippen LogP) is 2.46. The zero-order valence-corrected chi connectivity index (χ0v) is 12.9. The van der Waals surface area contributed by atoms with Crippen LogP contribution in [-0.4, -0.2) is 38.8 Å². The summed E-state index contributed by atoms with van der Waals surface area (Å²) in [6, 6.07) is 0. The molecule has 0 unspecified atom stereocenters. The summed E-state index contributed by atoms with van der Waals surface area (Å²) in [5.41, 5.74) is 1.22. The van der Waals surface area contributed by atoms with E-state index in [2.05, 4.69) is 31.1 Å². The molecule has 0 aliphatic rings. The summed E-state index contributed by atoms with van der Waals surface area (Å²) in [5, 5.41) is 4.30.